The molecular weight excluding hydrogens is 394 g/mol. The van der Waals surface area contributed by atoms with Crippen LogP contribution in [-0.2, 0) is 15.0 Å². The number of hydrogen-bond donors (Lipinski definition) is 1. The molecule has 0 bridgehead atoms. The minimum absolute atomic E-state index is 0.125. The zero-order valence-electron chi connectivity index (χ0n) is 9.42. The molecular formula is C13H11Br2NOTi. The van der Waals surface area contributed by atoms with Gasteiger partial charge in [-0.3, -0.25) is 4.99 Å². The zero-order valence-corrected chi connectivity index (χ0v) is 14.2. The van der Waals surface area contributed by atoms with E-state index < -0.39 is 0 Å². The van der Waals surface area contributed by atoms with Crippen molar-refractivity contribution in [3.8, 4) is 5.75 Å². The van der Waals surface area contributed by atoms with Crippen molar-refractivity contribution >= 4 is 38.2 Å². The van der Waals surface area contributed by atoms with E-state index >= 15 is 0 Å². The Hall–Kier alpha value is -0.416. The van der Waals surface area contributed by atoms with Crippen LogP contribution < -0.4 is 0 Å². The third-order valence-electron chi connectivity index (χ3n) is 2.05. The number of rotatable bonds is 2. The number of para-hydroxylation sites is 2. The van der Waals surface area contributed by atoms with Gasteiger partial charge in [0.25, 0.3) is 0 Å². The van der Waals surface area contributed by atoms with E-state index in [2.05, 4.69) is 31.3 Å². The van der Waals surface area contributed by atoms with Gasteiger partial charge in [-0.2, -0.15) is 0 Å². The molecule has 2 aromatic rings. The van der Waals surface area contributed by atoms with Crippen LogP contribution in [0.15, 0.2) is 59.6 Å². The van der Waals surface area contributed by atoms with Crippen molar-refractivity contribution in [2.75, 3.05) is 0 Å². The van der Waals surface area contributed by atoms with Crippen LogP contribution >= 0.6 is 26.3 Å². The van der Waals surface area contributed by atoms with Gasteiger partial charge in [0, 0.05) is 11.8 Å². The number of aromatic hydroxyl groups is 1. The van der Waals surface area contributed by atoms with E-state index in [1.165, 1.54) is 0 Å². The average molecular weight is 405 g/mol. The van der Waals surface area contributed by atoms with Crippen LogP contribution in [0.3, 0.4) is 0 Å². The Morgan fingerprint density at radius 3 is 2.11 bits per heavy atom. The molecule has 0 heterocycles. The van der Waals surface area contributed by atoms with E-state index in [4.69, 9.17) is 0 Å². The van der Waals surface area contributed by atoms with Crippen LogP contribution in [0.25, 0.3) is 0 Å². The first kappa shape index (κ1) is 15.6. The van der Waals surface area contributed by atoms with E-state index in [0.717, 1.165) is 11.3 Å². The predicted molar refractivity (Wildman–Crippen MR) is 79.7 cm³/mol. The summed E-state index contributed by atoms with van der Waals surface area (Å²) in [7, 11) is 0. The topological polar surface area (TPSA) is 32.6 Å². The van der Waals surface area contributed by atoms with Gasteiger partial charge >= 0.3 is 41.3 Å². The fourth-order valence-corrected chi connectivity index (χ4v) is 1.25. The molecule has 0 unspecified atom stereocenters. The molecule has 0 aromatic heterocycles. The number of aliphatic imine (C=N–C) groups is 1. The number of hydrogen-bond acceptors (Lipinski definition) is 2. The van der Waals surface area contributed by atoms with E-state index in [9.17, 15) is 5.11 Å². The normalized spacial score (nSPS) is 9.67. The van der Waals surface area contributed by atoms with Gasteiger partial charge in [0.1, 0.15) is 5.75 Å². The van der Waals surface area contributed by atoms with Crippen LogP contribution in [0.1, 0.15) is 5.56 Å². The fraction of sp³-hybridized carbons (Fsp3) is 0. The first-order valence-electron chi connectivity index (χ1n) is 5.11. The molecule has 0 radical (unpaired) electrons. The number of nitrogens with zero attached hydrogens (tertiary/aromatic N) is 1. The Balaban J connectivity index is 0.000000492. The Morgan fingerprint density at radius 2 is 1.50 bits per heavy atom. The van der Waals surface area contributed by atoms with Gasteiger partial charge in [-0.1, -0.05) is 30.3 Å². The van der Waals surface area contributed by atoms with Gasteiger partial charge in [-0.15, -0.1) is 0 Å². The Bertz CT molecular complexity index is 491. The van der Waals surface area contributed by atoms with Crippen molar-refractivity contribution in [2.45, 2.75) is 0 Å². The van der Waals surface area contributed by atoms with E-state index in [0.29, 0.717) is 0 Å². The summed E-state index contributed by atoms with van der Waals surface area (Å²) in [6, 6.07) is 16.7. The van der Waals surface area contributed by atoms with Crippen LogP contribution in [0.4, 0.5) is 5.69 Å². The molecule has 0 aliphatic carbocycles. The van der Waals surface area contributed by atoms with Gasteiger partial charge < -0.3 is 5.11 Å². The van der Waals surface area contributed by atoms with Crippen molar-refractivity contribution in [3.05, 3.63) is 60.2 Å². The molecule has 0 fully saturated rings. The Morgan fingerprint density at radius 1 is 0.944 bits per heavy atom. The van der Waals surface area contributed by atoms with Crippen LogP contribution in [0, 0.1) is 0 Å². The molecule has 1 N–H and O–H groups in total. The van der Waals surface area contributed by atoms with Gasteiger partial charge in [-0.05, 0) is 24.3 Å². The standard InChI is InChI=1S/C13H11NO.2BrH.Ti/c15-13-9-5-4-6-11(13)10-14-12-7-2-1-3-8-12;;;/h1-10,15H;2*1H;/q;;;+2/p-2. The summed E-state index contributed by atoms with van der Waals surface area (Å²) in [6.07, 6.45) is 1.66. The molecule has 0 aliphatic rings. The van der Waals surface area contributed by atoms with Crippen molar-refractivity contribution in [1.82, 2.24) is 0 Å². The molecule has 0 saturated carbocycles. The second-order valence-corrected chi connectivity index (χ2v) is 11.1. The summed E-state index contributed by atoms with van der Waals surface area (Å²) < 4.78 is 0. The monoisotopic (exact) mass is 403 g/mol. The maximum atomic E-state index is 9.50. The van der Waals surface area contributed by atoms with Gasteiger partial charge in [0.2, 0.25) is 0 Å². The molecule has 18 heavy (non-hydrogen) atoms. The van der Waals surface area contributed by atoms with Gasteiger partial charge in [0.05, 0.1) is 5.69 Å². The van der Waals surface area contributed by atoms with E-state index in [-0.39, 0.29) is 20.7 Å². The SMILES string of the molecule is Oc1ccccc1C=Nc1ccccc1.[Br][Ti][Br]. The summed E-state index contributed by atoms with van der Waals surface area (Å²) >= 11 is 6.50. The zero-order chi connectivity index (χ0) is 13.2. The van der Waals surface area contributed by atoms with Crippen LogP contribution in [0.2, 0.25) is 0 Å². The minimum atomic E-state index is 0.125. The van der Waals surface area contributed by atoms with Crippen molar-refractivity contribution in [3.63, 3.8) is 0 Å². The Kier molecular flexibility index (Phi) is 8.26. The quantitative estimate of drug-likeness (QED) is 0.564. The third-order valence-corrected chi connectivity index (χ3v) is 2.05. The summed E-state index contributed by atoms with van der Waals surface area (Å²) in [6.45, 7) is 0. The van der Waals surface area contributed by atoms with Crippen LogP contribution in [0.5, 0.6) is 5.75 Å². The molecule has 0 amide bonds. The van der Waals surface area contributed by atoms with Gasteiger partial charge in [0.15, 0.2) is 0 Å². The maximum absolute atomic E-state index is 9.50. The molecule has 0 spiro atoms. The van der Waals surface area contributed by atoms with E-state index in [1.807, 2.05) is 42.5 Å². The van der Waals surface area contributed by atoms with E-state index in [1.54, 1.807) is 18.3 Å². The van der Waals surface area contributed by atoms with Crippen molar-refractivity contribution in [2.24, 2.45) is 4.99 Å². The first-order valence-corrected chi connectivity index (χ1v) is 12.8. The molecule has 0 atom stereocenters. The summed E-state index contributed by atoms with van der Waals surface area (Å²) in [5.74, 6) is 0.247. The number of phenolic OH excluding ortho intramolecular Hbond substituents is 1. The summed E-state index contributed by atoms with van der Waals surface area (Å²) in [4.78, 5) is 4.25. The summed E-state index contributed by atoms with van der Waals surface area (Å²) in [5, 5.41) is 9.50. The van der Waals surface area contributed by atoms with Crippen molar-refractivity contribution in [1.29, 1.82) is 0 Å². The van der Waals surface area contributed by atoms with Crippen molar-refractivity contribution < 1.29 is 20.1 Å². The first-order chi connectivity index (χ1) is 8.77. The molecule has 5 heteroatoms. The second kappa shape index (κ2) is 9.51. The molecule has 0 aliphatic heterocycles. The molecule has 2 rings (SSSR count). The second-order valence-electron chi connectivity index (χ2n) is 3.22. The van der Waals surface area contributed by atoms with Crippen LogP contribution in [-0.4, -0.2) is 11.3 Å². The molecule has 0 saturated heterocycles. The molecule has 92 valence electrons. The van der Waals surface area contributed by atoms with Gasteiger partial charge in [-0.25, -0.2) is 0 Å². The Labute approximate surface area is 128 Å². The molecule has 2 aromatic carbocycles. The predicted octanol–water partition coefficient (Wildman–Crippen LogP) is 4.83. The third kappa shape index (κ3) is 5.96. The number of halogens is 2. The molecule has 2 nitrogen and oxygen atoms in total. The number of benzene rings is 2. The average Bonchev–Trinajstić information content (AvgIpc) is 2.40. The summed E-state index contributed by atoms with van der Waals surface area (Å²) in [5.41, 5.74) is 1.60. The number of phenols is 1. The fourth-order valence-electron chi connectivity index (χ4n) is 1.25.